The molecular weight excluding hydrogens is 404 g/mol. The van der Waals surface area contributed by atoms with E-state index in [9.17, 15) is 0 Å². The Labute approximate surface area is 198 Å². The van der Waals surface area contributed by atoms with Crippen LogP contribution in [0.1, 0.15) is 36.5 Å². The van der Waals surface area contributed by atoms with Crippen molar-refractivity contribution in [3.05, 3.63) is 107 Å². The van der Waals surface area contributed by atoms with Crippen molar-refractivity contribution in [3.8, 4) is 0 Å². The second-order valence-electron chi connectivity index (χ2n) is 8.97. The minimum absolute atomic E-state index is 0.255. The average molecular weight is 441 g/mol. The largest absolute Gasteiger partial charge is 0.330 e. The van der Waals surface area contributed by atoms with Gasteiger partial charge in [0.1, 0.15) is 5.84 Å². The average Bonchev–Trinajstić information content (AvgIpc) is 2.85. The fourth-order valence-electron chi connectivity index (χ4n) is 4.68. The van der Waals surface area contributed by atoms with Crippen molar-refractivity contribution < 1.29 is 0 Å². The molecule has 2 aromatic carbocycles. The standard InChI is InChI=1S/C29H36N4/c1-3-27(32(19-9-17-30)21-25-15-13-23(2)14-16-25)29-26(20-24-10-5-4-6-11-24)22-33-18-8-7-12-28(33)31-29/h4-8,10-16,18,27H,3,9,17,19-22,30H2,1-2H3. The van der Waals surface area contributed by atoms with Gasteiger partial charge in [0, 0.05) is 25.8 Å². The maximum atomic E-state index is 5.94. The van der Waals surface area contributed by atoms with E-state index in [0.717, 1.165) is 44.7 Å². The van der Waals surface area contributed by atoms with Crippen LogP contribution in [0.4, 0.5) is 0 Å². The molecule has 0 radical (unpaired) electrons. The summed E-state index contributed by atoms with van der Waals surface area (Å²) in [4.78, 5) is 10.1. The van der Waals surface area contributed by atoms with Crippen LogP contribution in [0, 0.1) is 6.92 Å². The zero-order valence-corrected chi connectivity index (χ0v) is 20.0. The van der Waals surface area contributed by atoms with Crippen molar-refractivity contribution in [3.63, 3.8) is 0 Å². The van der Waals surface area contributed by atoms with Gasteiger partial charge in [-0.05, 0) is 61.6 Å². The highest BCUT2D eigenvalue weighted by atomic mass is 15.2. The Morgan fingerprint density at radius 2 is 1.82 bits per heavy atom. The Bertz CT molecular complexity index is 1030. The summed E-state index contributed by atoms with van der Waals surface area (Å²) in [6.07, 6.45) is 11.3. The number of rotatable bonds is 10. The monoisotopic (exact) mass is 440 g/mol. The van der Waals surface area contributed by atoms with E-state index >= 15 is 0 Å². The lowest BCUT2D eigenvalue weighted by molar-refractivity contribution is 0.202. The van der Waals surface area contributed by atoms with Crippen LogP contribution in [-0.2, 0) is 13.0 Å². The molecule has 4 nitrogen and oxygen atoms in total. The van der Waals surface area contributed by atoms with E-state index in [1.54, 1.807) is 0 Å². The van der Waals surface area contributed by atoms with Crippen molar-refractivity contribution in [2.45, 2.75) is 45.7 Å². The van der Waals surface area contributed by atoms with Crippen molar-refractivity contribution >= 4 is 5.84 Å². The number of hydrogen-bond donors (Lipinski definition) is 1. The third-order valence-electron chi connectivity index (χ3n) is 6.43. The summed E-state index contributed by atoms with van der Waals surface area (Å²) in [6.45, 7) is 7.88. The van der Waals surface area contributed by atoms with Gasteiger partial charge in [-0.3, -0.25) is 4.90 Å². The first-order chi connectivity index (χ1) is 16.2. The lowest BCUT2D eigenvalue weighted by Gasteiger charge is -2.37. The maximum absolute atomic E-state index is 5.94. The van der Waals surface area contributed by atoms with E-state index in [2.05, 4.69) is 103 Å². The molecule has 2 aromatic rings. The van der Waals surface area contributed by atoms with Crippen LogP contribution < -0.4 is 5.73 Å². The number of hydrogen-bond acceptors (Lipinski definition) is 4. The molecule has 1 unspecified atom stereocenters. The van der Waals surface area contributed by atoms with Crippen molar-refractivity contribution in [2.75, 3.05) is 19.6 Å². The number of aliphatic imine (C=N–C) groups is 1. The molecule has 1 atom stereocenters. The normalized spacial score (nSPS) is 16.2. The number of nitrogens with two attached hydrogens (primary N) is 1. The van der Waals surface area contributed by atoms with E-state index < -0.39 is 0 Å². The Balaban J connectivity index is 1.70. The third kappa shape index (κ3) is 5.89. The molecule has 0 fully saturated rings. The number of aryl methyl sites for hydroxylation is 1. The maximum Gasteiger partial charge on any atom is 0.133 e. The molecule has 0 aliphatic carbocycles. The Morgan fingerprint density at radius 1 is 1.03 bits per heavy atom. The topological polar surface area (TPSA) is 44.9 Å². The van der Waals surface area contributed by atoms with Gasteiger partial charge in [0.15, 0.2) is 0 Å². The van der Waals surface area contributed by atoms with Crippen LogP contribution in [0.2, 0.25) is 0 Å². The molecule has 2 N–H and O–H groups in total. The lowest BCUT2D eigenvalue weighted by Crippen LogP contribution is -2.41. The lowest BCUT2D eigenvalue weighted by atomic mass is 9.95. The first kappa shape index (κ1) is 23.2. The van der Waals surface area contributed by atoms with Gasteiger partial charge >= 0.3 is 0 Å². The van der Waals surface area contributed by atoms with E-state index in [1.807, 2.05) is 0 Å². The van der Waals surface area contributed by atoms with Crippen LogP contribution in [0.5, 0.6) is 0 Å². The summed E-state index contributed by atoms with van der Waals surface area (Å²) >= 11 is 0. The Hall–Kier alpha value is -2.95. The van der Waals surface area contributed by atoms with Crippen molar-refractivity contribution in [1.82, 2.24) is 9.80 Å². The van der Waals surface area contributed by atoms with Crippen LogP contribution in [0.15, 0.2) is 95.3 Å². The summed E-state index contributed by atoms with van der Waals surface area (Å²) in [5.74, 6) is 1.04. The quantitative estimate of drug-likeness (QED) is 0.551. The van der Waals surface area contributed by atoms with Crippen molar-refractivity contribution in [1.29, 1.82) is 0 Å². The highest BCUT2D eigenvalue weighted by Crippen LogP contribution is 2.29. The molecular formula is C29H36N4. The van der Waals surface area contributed by atoms with Gasteiger partial charge in [-0.15, -0.1) is 0 Å². The summed E-state index contributed by atoms with van der Waals surface area (Å²) in [5.41, 5.74) is 12.5. The van der Waals surface area contributed by atoms with Gasteiger partial charge in [-0.2, -0.15) is 0 Å². The predicted molar refractivity (Wildman–Crippen MR) is 139 cm³/mol. The highest BCUT2D eigenvalue weighted by molar-refractivity contribution is 5.96. The Morgan fingerprint density at radius 3 is 2.55 bits per heavy atom. The molecule has 2 aliphatic rings. The molecule has 0 bridgehead atoms. The second-order valence-corrected chi connectivity index (χ2v) is 8.97. The number of nitrogens with zero attached hydrogens (tertiary/aromatic N) is 3. The van der Waals surface area contributed by atoms with Gasteiger partial charge in [0.25, 0.3) is 0 Å². The SMILES string of the molecule is CCC(C1=C(Cc2ccccc2)CN2C=CC=CC2=N1)N(CCCN)Cc1ccc(C)cc1. The molecule has 172 valence electrons. The first-order valence-electron chi connectivity index (χ1n) is 12.1. The van der Waals surface area contributed by atoms with Crippen LogP contribution in [0.25, 0.3) is 0 Å². The minimum Gasteiger partial charge on any atom is -0.330 e. The van der Waals surface area contributed by atoms with Gasteiger partial charge < -0.3 is 10.6 Å². The fraction of sp³-hybridized carbons (Fsp3) is 0.345. The number of allylic oxidation sites excluding steroid dienone is 2. The summed E-state index contributed by atoms with van der Waals surface area (Å²) < 4.78 is 0. The number of benzene rings is 2. The van der Waals surface area contributed by atoms with E-state index in [0.29, 0.717) is 6.54 Å². The molecule has 2 aliphatic heterocycles. The molecule has 0 aromatic heterocycles. The van der Waals surface area contributed by atoms with Gasteiger partial charge in [-0.1, -0.05) is 73.2 Å². The molecule has 2 heterocycles. The minimum atomic E-state index is 0.255. The molecule has 4 heteroatoms. The van der Waals surface area contributed by atoms with Gasteiger partial charge in [0.2, 0.25) is 0 Å². The second kappa shape index (κ2) is 11.3. The molecule has 0 spiro atoms. The van der Waals surface area contributed by atoms with Crippen LogP contribution >= 0.6 is 0 Å². The summed E-state index contributed by atoms with van der Waals surface area (Å²) in [7, 11) is 0. The van der Waals surface area contributed by atoms with Crippen LogP contribution in [0.3, 0.4) is 0 Å². The van der Waals surface area contributed by atoms with Crippen molar-refractivity contribution in [2.24, 2.45) is 10.7 Å². The van der Waals surface area contributed by atoms with E-state index in [-0.39, 0.29) is 6.04 Å². The summed E-state index contributed by atoms with van der Waals surface area (Å²) in [6, 6.07) is 19.9. The fourth-order valence-corrected chi connectivity index (χ4v) is 4.68. The summed E-state index contributed by atoms with van der Waals surface area (Å²) in [5, 5.41) is 0. The van der Waals surface area contributed by atoms with Gasteiger partial charge in [-0.25, -0.2) is 4.99 Å². The van der Waals surface area contributed by atoms with E-state index in [4.69, 9.17) is 10.7 Å². The van der Waals surface area contributed by atoms with Crippen LogP contribution in [-0.4, -0.2) is 41.3 Å². The zero-order chi connectivity index (χ0) is 23.0. The molecule has 33 heavy (non-hydrogen) atoms. The third-order valence-corrected chi connectivity index (χ3v) is 6.43. The zero-order valence-electron chi connectivity index (χ0n) is 20.0. The smallest absolute Gasteiger partial charge is 0.133 e. The molecule has 0 amide bonds. The molecule has 0 saturated heterocycles. The molecule has 4 rings (SSSR count). The number of amidine groups is 1. The predicted octanol–water partition coefficient (Wildman–Crippen LogP) is 5.22. The first-order valence-corrected chi connectivity index (χ1v) is 12.1. The van der Waals surface area contributed by atoms with Gasteiger partial charge in [0.05, 0.1) is 11.7 Å². The number of fused-ring (bicyclic) bond motifs is 1. The highest BCUT2D eigenvalue weighted by Gasteiger charge is 2.28. The molecule has 0 saturated carbocycles. The van der Waals surface area contributed by atoms with E-state index in [1.165, 1.54) is 28.0 Å². The Kier molecular flexibility index (Phi) is 7.92.